The van der Waals surface area contributed by atoms with Crippen molar-refractivity contribution in [3.05, 3.63) is 23.5 Å². The standard InChI is InChI=1S/C10H17N/c1-4-9-7-11(6-3)8-10(9)5-2/h7-8H,4-6H2,1-3H3. The van der Waals surface area contributed by atoms with Crippen molar-refractivity contribution < 1.29 is 0 Å². The Kier molecular flexibility index (Phi) is 2.75. The first-order valence-corrected chi connectivity index (χ1v) is 4.49. The minimum Gasteiger partial charge on any atom is -0.354 e. The van der Waals surface area contributed by atoms with E-state index in [2.05, 4.69) is 37.7 Å². The van der Waals surface area contributed by atoms with Crippen LogP contribution in [0.15, 0.2) is 12.4 Å². The lowest BCUT2D eigenvalue weighted by atomic mass is 10.1. The van der Waals surface area contributed by atoms with Crippen LogP contribution in [0.25, 0.3) is 0 Å². The van der Waals surface area contributed by atoms with E-state index in [-0.39, 0.29) is 0 Å². The van der Waals surface area contributed by atoms with Gasteiger partial charge in [0.15, 0.2) is 0 Å². The number of nitrogens with zero attached hydrogens (tertiary/aromatic N) is 1. The highest BCUT2D eigenvalue weighted by Gasteiger charge is 2.00. The summed E-state index contributed by atoms with van der Waals surface area (Å²) in [5.74, 6) is 0. The number of rotatable bonds is 3. The fourth-order valence-electron chi connectivity index (χ4n) is 1.42. The van der Waals surface area contributed by atoms with Crippen LogP contribution in [0.2, 0.25) is 0 Å². The van der Waals surface area contributed by atoms with E-state index >= 15 is 0 Å². The molecular formula is C10H17N. The van der Waals surface area contributed by atoms with Crippen molar-refractivity contribution in [1.82, 2.24) is 4.57 Å². The van der Waals surface area contributed by atoms with Crippen LogP contribution in [-0.4, -0.2) is 4.57 Å². The van der Waals surface area contributed by atoms with Gasteiger partial charge in [0.2, 0.25) is 0 Å². The van der Waals surface area contributed by atoms with Crippen LogP contribution < -0.4 is 0 Å². The summed E-state index contributed by atoms with van der Waals surface area (Å²) in [5, 5.41) is 0. The quantitative estimate of drug-likeness (QED) is 0.626. The molecule has 0 aliphatic rings. The summed E-state index contributed by atoms with van der Waals surface area (Å²) in [6, 6.07) is 0. The molecule has 1 aromatic rings. The fraction of sp³-hybridized carbons (Fsp3) is 0.600. The summed E-state index contributed by atoms with van der Waals surface area (Å²) in [4.78, 5) is 0. The van der Waals surface area contributed by atoms with Gasteiger partial charge in [0, 0.05) is 18.9 Å². The highest BCUT2D eigenvalue weighted by molar-refractivity contribution is 5.24. The van der Waals surface area contributed by atoms with Crippen LogP contribution in [0, 0.1) is 0 Å². The molecule has 0 N–H and O–H groups in total. The summed E-state index contributed by atoms with van der Waals surface area (Å²) < 4.78 is 2.26. The molecule has 0 aliphatic carbocycles. The molecule has 0 spiro atoms. The van der Waals surface area contributed by atoms with Gasteiger partial charge in [-0.15, -0.1) is 0 Å². The van der Waals surface area contributed by atoms with Crippen LogP contribution >= 0.6 is 0 Å². The van der Waals surface area contributed by atoms with Crippen molar-refractivity contribution in [2.75, 3.05) is 0 Å². The third-order valence-corrected chi connectivity index (χ3v) is 2.18. The molecule has 1 nitrogen and oxygen atoms in total. The lowest BCUT2D eigenvalue weighted by Crippen LogP contribution is -1.87. The molecule has 62 valence electrons. The van der Waals surface area contributed by atoms with Gasteiger partial charge < -0.3 is 4.57 Å². The molecule has 1 rings (SSSR count). The Hall–Kier alpha value is -0.720. The van der Waals surface area contributed by atoms with E-state index < -0.39 is 0 Å². The van der Waals surface area contributed by atoms with E-state index in [0.29, 0.717) is 0 Å². The Labute approximate surface area is 69.0 Å². The second kappa shape index (κ2) is 3.61. The van der Waals surface area contributed by atoms with Crippen molar-refractivity contribution >= 4 is 0 Å². The third-order valence-electron chi connectivity index (χ3n) is 2.18. The average Bonchev–Trinajstić information content (AvgIpc) is 2.46. The van der Waals surface area contributed by atoms with Gasteiger partial charge in [0.1, 0.15) is 0 Å². The van der Waals surface area contributed by atoms with E-state index in [1.54, 1.807) is 0 Å². The zero-order valence-electron chi connectivity index (χ0n) is 7.72. The Morgan fingerprint density at radius 1 is 1.00 bits per heavy atom. The van der Waals surface area contributed by atoms with Crippen molar-refractivity contribution in [3.63, 3.8) is 0 Å². The number of aryl methyl sites for hydroxylation is 3. The fourth-order valence-corrected chi connectivity index (χ4v) is 1.42. The van der Waals surface area contributed by atoms with Gasteiger partial charge in [-0.05, 0) is 30.9 Å². The van der Waals surface area contributed by atoms with Crippen LogP contribution in [0.5, 0.6) is 0 Å². The zero-order valence-corrected chi connectivity index (χ0v) is 7.72. The van der Waals surface area contributed by atoms with Crippen molar-refractivity contribution in [3.8, 4) is 0 Å². The molecule has 1 heteroatoms. The topological polar surface area (TPSA) is 4.93 Å². The highest BCUT2D eigenvalue weighted by Crippen LogP contribution is 2.11. The van der Waals surface area contributed by atoms with E-state index in [9.17, 15) is 0 Å². The molecule has 0 saturated heterocycles. The van der Waals surface area contributed by atoms with E-state index in [1.807, 2.05) is 0 Å². The summed E-state index contributed by atoms with van der Waals surface area (Å²) in [6.45, 7) is 7.70. The predicted molar refractivity (Wildman–Crippen MR) is 48.9 cm³/mol. The van der Waals surface area contributed by atoms with E-state index in [4.69, 9.17) is 0 Å². The maximum absolute atomic E-state index is 2.26. The van der Waals surface area contributed by atoms with Crippen LogP contribution in [0.3, 0.4) is 0 Å². The molecule has 0 radical (unpaired) electrons. The molecule has 1 aromatic heterocycles. The molecule has 0 bridgehead atoms. The maximum Gasteiger partial charge on any atom is 0.0191 e. The monoisotopic (exact) mass is 151 g/mol. The third kappa shape index (κ3) is 1.65. The Balaban J connectivity index is 2.92. The minimum absolute atomic E-state index is 1.09. The zero-order chi connectivity index (χ0) is 8.27. The molecule has 0 unspecified atom stereocenters. The molecule has 0 saturated carbocycles. The van der Waals surface area contributed by atoms with Crippen LogP contribution in [0.4, 0.5) is 0 Å². The Bertz CT molecular complexity index is 201. The highest BCUT2D eigenvalue weighted by atomic mass is 14.9. The second-order valence-corrected chi connectivity index (χ2v) is 2.85. The van der Waals surface area contributed by atoms with E-state index in [1.165, 1.54) is 11.1 Å². The predicted octanol–water partition coefficient (Wildman–Crippen LogP) is 2.63. The lowest BCUT2D eigenvalue weighted by molar-refractivity contribution is 0.764. The molecular weight excluding hydrogens is 134 g/mol. The van der Waals surface area contributed by atoms with Gasteiger partial charge in [-0.3, -0.25) is 0 Å². The average molecular weight is 151 g/mol. The smallest absolute Gasteiger partial charge is 0.0191 e. The van der Waals surface area contributed by atoms with Gasteiger partial charge in [-0.1, -0.05) is 13.8 Å². The van der Waals surface area contributed by atoms with Crippen molar-refractivity contribution in [2.24, 2.45) is 0 Å². The first-order chi connectivity index (χ1) is 5.31. The summed E-state index contributed by atoms with van der Waals surface area (Å²) in [6.07, 6.45) is 6.85. The van der Waals surface area contributed by atoms with Gasteiger partial charge >= 0.3 is 0 Å². The normalized spacial score (nSPS) is 10.5. The number of hydrogen-bond donors (Lipinski definition) is 0. The maximum atomic E-state index is 2.26. The summed E-state index contributed by atoms with van der Waals surface area (Å²) >= 11 is 0. The first-order valence-electron chi connectivity index (χ1n) is 4.49. The van der Waals surface area contributed by atoms with Gasteiger partial charge in [-0.25, -0.2) is 0 Å². The molecule has 11 heavy (non-hydrogen) atoms. The Morgan fingerprint density at radius 2 is 1.45 bits per heavy atom. The Morgan fingerprint density at radius 3 is 1.73 bits per heavy atom. The number of hydrogen-bond acceptors (Lipinski definition) is 0. The molecule has 0 fully saturated rings. The summed E-state index contributed by atoms with van der Waals surface area (Å²) in [5.41, 5.74) is 3.02. The van der Waals surface area contributed by atoms with Gasteiger partial charge in [-0.2, -0.15) is 0 Å². The lowest BCUT2D eigenvalue weighted by Gasteiger charge is -1.92. The number of aromatic nitrogens is 1. The van der Waals surface area contributed by atoms with Crippen molar-refractivity contribution in [2.45, 2.75) is 40.2 Å². The molecule has 0 aliphatic heterocycles. The van der Waals surface area contributed by atoms with Crippen LogP contribution in [0.1, 0.15) is 31.9 Å². The van der Waals surface area contributed by atoms with Gasteiger partial charge in [0.05, 0.1) is 0 Å². The summed E-state index contributed by atoms with van der Waals surface area (Å²) in [7, 11) is 0. The van der Waals surface area contributed by atoms with E-state index in [0.717, 1.165) is 19.4 Å². The largest absolute Gasteiger partial charge is 0.354 e. The van der Waals surface area contributed by atoms with Crippen molar-refractivity contribution in [1.29, 1.82) is 0 Å². The molecule has 0 atom stereocenters. The first kappa shape index (κ1) is 8.38. The second-order valence-electron chi connectivity index (χ2n) is 2.85. The van der Waals surface area contributed by atoms with Crippen LogP contribution in [-0.2, 0) is 19.4 Å². The van der Waals surface area contributed by atoms with Gasteiger partial charge in [0.25, 0.3) is 0 Å². The SMILES string of the molecule is CCc1cn(CC)cc1CC. The molecule has 0 aromatic carbocycles. The minimum atomic E-state index is 1.09. The molecule has 1 heterocycles. The molecule has 0 amide bonds.